The van der Waals surface area contributed by atoms with Crippen LogP contribution in [0, 0.1) is 11.8 Å². The van der Waals surface area contributed by atoms with E-state index in [9.17, 15) is 14.4 Å². The summed E-state index contributed by atoms with van der Waals surface area (Å²) in [5.41, 5.74) is 6.56. The van der Waals surface area contributed by atoms with Gasteiger partial charge in [0.1, 0.15) is 4.88 Å². The first-order valence-corrected chi connectivity index (χ1v) is 9.61. The van der Waals surface area contributed by atoms with Crippen LogP contribution in [0.15, 0.2) is 6.07 Å². The van der Waals surface area contributed by atoms with Gasteiger partial charge in [-0.3, -0.25) is 9.59 Å². The van der Waals surface area contributed by atoms with Gasteiger partial charge >= 0.3 is 5.97 Å². The van der Waals surface area contributed by atoms with Gasteiger partial charge in [0, 0.05) is 18.0 Å². The Labute approximate surface area is 151 Å². The van der Waals surface area contributed by atoms with Crippen molar-refractivity contribution in [2.24, 2.45) is 17.6 Å². The molecule has 3 rings (SSSR count). The minimum absolute atomic E-state index is 0.269. The number of primary amides is 1. The van der Waals surface area contributed by atoms with E-state index in [-0.39, 0.29) is 24.3 Å². The standard InChI is InChI=1S/C18H24N2O4S/c1-11-4-5-14-13(7-11)8-15(25-14)18(23)24-10-16(21)20-6-2-3-12(9-20)17(19)22/h8,11-12H,2-7,9-10H2,1H3,(H2,19,22)/t11-,12-/m0/s1. The molecule has 1 aliphatic carbocycles. The minimum Gasteiger partial charge on any atom is -0.451 e. The summed E-state index contributed by atoms with van der Waals surface area (Å²) in [5.74, 6) is -0.754. The van der Waals surface area contributed by atoms with E-state index >= 15 is 0 Å². The lowest BCUT2D eigenvalue weighted by Crippen LogP contribution is -2.45. The predicted octanol–water partition coefficient (Wildman–Crippen LogP) is 1.75. The van der Waals surface area contributed by atoms with Crippen LogP contribution < -0.4 is 5.73 Å². The number of piperidine rings is 1. The Morgan fingerprint density at radius 2 is 2.16 bits per heavy atom. The van der Waals surface area contributed by atoms with Gasteiger partial charge in [0.05, 0.1) is 5.92 Å². The molecule has 2 amide bonds. The summed E-state index contributed by atoms with van der Waals surface area (Å²) in [6.07, 6.45) is 4.60. The third kappa shape index (κ3) is 4.21. The van der Waals surface area contributed by atoms with Crippen molar-refractivity contribution in [3.63, 3.8) is 0 Å². The molecule has 0 radical (unpaired) electrons. The smallest absolute Gasteiger partial charge is 0.348 e. The summed E-state index contributed by atoms with van der Waals surface area (Å²) in [6.45, 7) is 2.82. The molecule has 0 bridgehead atoms. The zero-order chi connectivity index (χ0) is 18.0. The number of esters is 1. The lowest BCUT2D eigenvalue weighted by atomic mass is 9.90. The molecule has 1 aliphatic heterocycles. The number of hydrogen-bond donors (Lipinski definition) is 1. The SMILES string of the molecule is C[C@H]1CCc2sc(C(=O)OCC(=O)N3CCC[C@H](C(N)=O)C3)cc2C1. The molecule has 0 saturated carbocycles. The Hall–Kier alpha value is -1.89. The summed E-state index contributed by atoms with van der Waals surface area (Å²) in [4.78, 5) is 39.2. The number of likely N-dealkylation sites (tertiary alicyclic amines) is 1. The third-order valence-corrected chi connectivity index (χ3v) is 6.25. The van der Waals surface area contributed by atoms with Crippen LogP contribution in [0.25, 0.3) is 0 Å². The number of carbonyl (C=O) groups is 3. The summed E-state index contributed by atoms with van der Waals surface area (Å²) >= 11 is 1.48. The zero-order valence-electron chi connectivity index (χ0n) is 14.5. The third-order valence-electron chi connectivity index (χ3n) is 5.03. The molecule has 1 fully saturated rings. The first-order valence-electron chi connectivity index (χ1n) is 8.80. The molecule has 2 atom stereocenters. The van der Waals surface area contributed by atoms with Gasteiger partial charge in [0.15, 0.2) is 6.61 Å². The number of rotatable bonds is 4. The topological polar surface area (TPSA) is 89.7 Å². The number of thiophene rings is 1. The Morgan fingerprint density at radius 3 is 2.92 bits per heavy atom. The number of amides is 2. The molecule has 2 N–H and O–H groups in total. The molecule has 6 nitrogen and oxygen atoms in total. The highest BCUT2D eigenvalue weighted by atomic mass is 32.1. The van der Waals surface area contributed by atoms with E-state index < -0.39 is 5.97 Å². The second-order valence-electron chi connectivity index (χ2n) is 7.06. The van der Waals surface area contributed by atoms with Gasteiger partial charge in [0.25, 0.3) is 5.91 Å². The van der Waals surface area contributed by atoms with Crippen molar-refractivity contribution in [2.45, 2.75) is 39.0 Å². The van der Waals surface area contributed by atoms with E-state index in [1.54, 1.807) is 4.90 Å². The lowest BCUT2D eigenvalue weighted by molar-refractivity contribution is -0.137. The van der Waals surface area contributed by atoms with Crippen LogP contribution in [0.1, 0.15) is 46.3 Å². The van der Waals surface area contributed by atoms with Crippen LogP contribution in [0.2, 0.25) is 0 Å². The van der Waals surface area contributed by atoms with Crippen LogP contribution in [-0.4, -0.2) is 42.4 Å². The highest BCUT2D eigenvalue weighted by molar-refractivity contribution is 7.14. The number of fused-ring (bicyclic) bond motifs is 1. The molecule has 7 heteroatoms. The number of aryl methyl sites for hydroxylation is 1. The Kier molecular flexibility index (Phi) is 5.42. The van der Waals surface area contributed by atoms with E-state index in [4.69, 9.17) is 10.5 Å². The Morgan fingerprint density at radius 1 is 1.36 bits per heavy atom. The number of ether oxygens (including phenoxy) is 1. The van der Waals surface area contributed by atoms with E-state index in [0.29, 0.717) is 30.3 Å². The second-order valence-corrected chi connectivity index (χ2v) is 8.20. The minimum atomic E-state index is -0.441. The van der Waals surface area contributed by atoms with Crippen molar-refractivity contribution in [1.29, 1.82) is 0 Å². The first-order chi connectivity index (χ1) is 11.9. The molecule has 1 saturated heterocycles. The molecule has 1 aromatic heterocycles. The van der Waals surface area contributed by atoms with Crippen LogP contribution >= 0.6 is 11.3 Å². The number of hydrogen-bond acceptors (Lipinski definition) is 5. The predicted molar refractivity (Wildman–Crippen MR) is 94.3 cm³/mol. The molecule has 0 unspecified atom stereocenters. The largest absolute Gasteiger partial charge is 0.451 e. The van der Waals surface area contributed by atoms with Crippen molar-refractivity contribution in [3.05, 3.63) is 21.4 Å². The van der Waals surface area contributed by atoms with Crippen molar-refractivity contribution in [2.75, 3.05) is 19.7 Å². The fourth-order valence-electron chi connectivity index (χ4n) is 3.53. The van der Waals surface area contributed by atoms with Gasteiger partial charge in [-0.15, -0.1) is 11.3 Å². The second kappa shape index (κ2) is 7.56. The van der Waals surface area contributed by atoms with E-state index in [0.717, 1.165) is 25.7 Å². The van der Waals surface area contributed by atoms with Gasteiger partial charge in [-0.05, 0) is 49.7 Å². The molecule has 0 spiro atoms. The van der Waals surface area contributed by atoms with Gasteiger partial charge < -0.3 is 15.4 Å². The van der Waals surface area contributed by atoms with Crippen molar-refractivity contribution >= 4 is 29.1 Å². The molecule has 136 valence electrons. The van der Waals surface area contributed by atoms with Gasteiger partial charge in [-0.25, -0.2) is 4.79 Å². The maximum Gasteiger partial charge on any atom is 0.348 e. The molecule has 2 heterocycles. The van der Waals surface area contributed by atoms with Crippen molar-refractivity contribution < 1.29 is 19.1 Å². The highest BCUT2D eigenvalue weighted by Gasteiger charge is 2.28. The summed E-state index contributed by atoms with van der Waals surface area (Å²) in [7, 11) is 0. The monoisotopic (exact) mass is 364 g/mol. The van der Waals surface area contributed by atoms with Crippen molar-refractivity contribution in [3.8, 4) is 0 Å². The normalized spacial score (nSPS) is 23.0. The molecule has 2 aliphatic rings. The molecule has 0 aromatic carbocycles. The first kappa shape index (κ1) is 17.9. The zero-order valence-corrected chi connectivity index (χ0v) is 15.3. The summed E-state index contributed by atoms with van der Waals surface area (Å²) in [6, 6.07) is 1.91. The fraction of sp³-hybridized carbons (Fsp3) is 0.611. The highest BCUT2D eigenvalue weighted by Crippen LogP contribution is 2.32. The maximum absolute atomic E-state index is 12.2. The van der Waals surface area contributed by atoms with Crippen molar-refractivity contribution in [1.82, 2.24) is 4.90 Å². The molecule has 1 aromatic rings. The molecular weight excluding hydrogens is 340 g/mol. The number of carbonyl (C=O) groups excluding carboxylic acids is 3. The Balaban J connectivity index is 1.53. The van der Waals surface area contributed by atoms with Crippen LogP contribution in [0.4, 0.5) is 0 Å². The van der Waals surface area contributed by atoms with E-state index in [2.05, 4.69) is 6.92 Å². The van der Waals surface area contributed by atoms with Gasteiger partial charge in [-0.1, -0.05) is 6.92 Å². The van der Waals surface area contributed by atoms with Crippen LogP contribution in [0.3, 0.4) is 0 Å². The number of nitrogens with zero attached hydrogens (tertiary/aromatic N) is 1. The quantitative estimate of drug-likeness (QED) is 0.824. The maximum atomic E-state index is 12.2. The average Bonchev–Trinajstić information content (AvgIpc) is 3.02. The average molecular weight is 364 g/mol. The van der Waals surface area contributed by atoms with E-state index in [1.165, 1.54) is 21.8 Å². The molecular formula is C18H24N2O4S. The Bertz CT molecular complexity index is 685. The summed E-state index contributed by atoms with van der Waals surface area (Å²) < 4.78 is 5.21. The van der Waals surface area contributed by atoms with Crippen LogP contribution in [0.5, 0.6) is 0 Å². The van der Waals surface area contributed by atoms with E-state index in [1.807, 2.05) is 6.07 Å². The lowest BCUT2D eigenvalue weighted by Gasteiger charge is -2.30. The number of nitrogens with two attached hydrogens (primary N) is 1. The van der Waals surface area contributed by atoms with Gasteiger partial charge in [0.2, 0.25) is 5.91 Å². The van der Waals surface area contributed by atoms with Gasteiger partial charge in [-0.2, -0.15) is 0 Å². The fourth-order valence-corrected chi connectivity index (χ4v) is 4.63. The van der Waals surface area contributed by atoms with Crippen LogP contribution in [-0.2, 0) is 27.2 Å². The summed E-state index contributed by atoms with van der Waals surface area (Å²) in [5, 5.41) is 0. The molecule has 25 heavy (non-hydrogen) atoms.